The van der Waals surface area contributed by atoms with Gasteiger partial charge in [0.25, 0.3) is 0 Å². The number of furan rings is 1. The summed E-state index contributed by atoms with van der Waals surface area (Å²) in [6.45, 7) is 1.46. The summed E-state index contributed by atoms with van der Waals surface area (Å²) in [6.07, 6.45) is 1.74. The van der Waals surface area contributed by atoms with Gasteiger partial charge in [0.2, 0.25) is 5.91 Å². The van der Waals surface area contributed by atoms with E-state index in [1.54, 1.807) is 30.5 Å². The van der Waals surface area contributed by atoms with E-state index in [0.717, 1.165) is 16.9 Å². The number of thiocarbonyl (C=S) groups is 1. The number of aromatic nitrogens is 1. The third kappa shape index (κ3) is 4.56. The van der Waals surface area contributed by atoms with Gasteiger partial charge >= 0.3 is 5.97 Å². The van der Waals surface area contributed by atoms with Gasteiger partial charge in [-0.3, -0.25) is 9.78 Å². The van der Waals surface area contributed by atoms with Crippen molar-refractivity contribution in [1.29, 1.82) is 0 Å². The number of aromatic carboxylic acids is 1. The van der Waals surface area contributed by atoms with Crippen LogP contribution < -0.4 is 15.5 Å². The van der Waals surface area contributed by atoms with Gasteiger partial charge in [0.05, 0.1) is 17.3 Å². The van der Waals surface area contributed by atoms with Crippen LogP contribution in [0.2, 0.25) is 0 Å². The smallest absolute Gasteiger partial charge is 0.335 e. The van der Waals surface area contributed by atoms with Crippen LogP contribution in [0.5, 0.6) is 0 Å². The Morgan fingerprint density at radius 2 is 1.78 bits per heavy atom. The van der Waals surface area contributed by atoms with Gasteiger partial charge in [0.1, 0.15) is 17.6 Å². The van der Waals surface area contributed by atoms with E-state index in [1.807, 2.05) is 59.5 Å². The highest BCUT2D eigenvalue weighted by molar-refractivity contribution is 7.80. The normalized spacial score (nSPS) is 17.0. The average molecular weight is 499 g/mol. The van der Waals surface area contributed by atoms with Crippen LogP contribution in [0.4, 0.5) is 11.4 Å². The lowest BCUT2D eigenvalue weighted by Crippen LogP contribution is -2.29. The molecule has 36 heavy (non-hydrogen) atoms. The van der Waals surface area contributed by atoms with Crippen molar-refractivity contribution in [3.63, 3.8) is 0 Å². The molecule has 2 atom stereocenters. The van der Waals surface area contributed by atoms with E-state index in [2.05, 4.69) is 15.6 Å². The third-order valence-electron chi connectivity index (χ3n) is 5.90. The minimum atomic E-state index is -0.981. The molecule has 1 aliphatic rings. The molecular weight excluding hydrogens is 476 g/mol. The molecule has 1 amide bonds. The Labute approximate surface area is 212 Å². The molecule has 0 unspecified atom stereocenters. The molecule has 180 valence electrons. The van der Waals surface area contributed by atoms with Gasteiger partial charge in [0, 0.05) is 30.1 Å². The Morgan fingerprint density at radius 3 is 2.42 bits per heavy atom. The van der Waals surface area contributed by atoms with Gasteiger partial charge in [-0.25, -0.2) is 4.79 Å². The second kappa shape index (κ2) is 9.63. The van der Waals surface area contributed by atoms with Gasteiger partial charge < -0.3 is 25.1 Å². The van der Waals surface area contributed by atoms with E-state index in [-0.39, 0.29) is 23.6 Å². The number of hydrogen-bond donors (Lipinski definition) is 3. The molecule has 2 aromatic heterocycles. The van der Waals surface area contributed by atoms with Crippen LogP contribution in [0.25, 0.3) is 11.3 Å². The number of nitrogens with one attached hydrogen (secondary N) is 2. The SMILES string of the molecule is CC(=O)Nc1ccc(N2C(=S)N[C@@H](c3ccccn3)[C@H]2c2ccc(-c3ccc(C(=O)O)cc3)o2)cc1. The molecule has 3 N–H and O–H groups in total. The first-order valence-corrected chi connectivity index (χ1v) is 11.6. The predicted octanol–water partition coefficient (Wildman–Crippen LogP) is 5.18. The lowest BCUT2D eigenvalue weighted by Gasteiger charge is -2.26. The molecule has 0 bridgehead atoms. The molecule has 0 aliphatic carbocycles. The monoisotopic (exact) mass is 498 g/mol. The van der Waals surface area contributed by atoms with E-state index in [1.165, 1.54) is 6.92 Å². The van der Waals surface area contributed by atoms with Gasteiger partial charge in [0.15, 0.2) is 5.11 Å². The fourth-order valence-corrected chi connectivity index (χ4v) is 4.62. The van der Waals surface area contributed by atoms with Gasteiger partial charge in [-0.15, -0.1) is 0 Å². The number of anilines is 2. The summed E-state index contributed by atoms with van der Waals surface area (Å²) < 4.78 is 6.31. The van der Waals surface area contributed by atoms with Crippen molar-refractivity contribution in [1.82, 2.24) is 10.3 Å². The largest absolute Gasteiger partial charge is 0.478 e. The highest BCUT2D eigenvalue weighted by Gasteiger charge is 2.42. The minimum absolute atomic E-state index is 0.145. The number of pyridine rings is 1. The number of carbonyl (C=O) groups is 2. The van der Waals surface area contributed by atoms with Crippen LogP contribution in [-0.2, 0) is 4.79 Å². The van der Waals surface area contributed by atoms with E-state index in [0.29, 0.717) is 22.3 Å². The molecule has 9 heteroatoms. The zero-order chi connectivity index (χ0) is 25.2. The number of benzene rings is 2. The maximum absolute atomic E-state index is 11.4. The first-order chi connectivity index (χ1) is 17.4. The molecule has 0 spiro atoms. The molecule has 1 aliphatic heterocycles. The molecular formula is C27H22N4O4S. The number of nitrogens with zero attached hydrogens (tertiary/aromatic N) is 2. The Morgan fingerprint density at radius 1 is 1.03 bits per heavy atom. The van der Waals surface area contributed by atoms with Crippen molar-refractivity contribution in [3.05, 3.63) is 102 Å². The first kappa shape index (κ1) is 23.3. The lowest BCUT2D eigenvalue weighted by atomic mass is 10.0. The number of rotatable bonds is 6. The van der Waals surface area contributed by atoms with Crippen molar-refractivity contribution < 1.29 is 19.1 Å². The lowest BCUT2D eigenvalue weighted by molar-refractivity contribution is -0.114. The van der Waals surface area contributed by atoms with Crippen LogP contribution in [0.15, 0.2) is 89.5 Å². The Balaban J connectivity index is 1.53. The summed E-state index contributed by atoms with van der Waals surface area (Å²) in [5, 5.41) is 15.9. The Kier molecular flexibility index (Phi) is 6.22. The highest BCUT2D eigenvalue weighted by atomic mass is 32.1. The van der Waals surface area contributed by atoms with Crippen LogP contribution in [0, 0.1) is 0 Å². The second-order valence-electron chi connectivity index (χ2n) is 8.31. The van der Waals surface area contributed by atoms with Gasteiger partial charge in [-0.1, -0.05) is 18.2 Å². The predicted molar refractivity (Wildman–Crippen MR) is 140 cm³/mol. The fourth-order valence-electron chi connectivity index (χ4n) is 4.27. The van der Waals surface area contributed by atoms with Crippen molar-refractivity contribution in [2.75, 3.05) is 10.2 Å². The highest BCUT2D eigenvalue weighted by Crippen LogP contribution is 2.43. The quantitative estimate of drug-likeness (QED) is 0.312. The van der Waals surface area contributed by atoms with E-state index in [9.17, 15) is 14.7 Å². The van der Waals surface area contributed by atoms with Crippen molar-refractivity contribution in [2.45, 2.75) is 19.0 Å². The molecule has 4 aromatic rings. The van der Waals surface area contributed by atoms with Crippen LogP contribution in [0.3, 0.4) is 0 Å². The van der Waals surface area contributed by atoms with Crippen LogP contribution >= 0.6 is 12.2 Å². The molecule has 1 fully saturated rings. The number of carboxylic acids is 1. The number of carbonyl (C=O) groups excluding carboxylic acids is 1. The molecule has 0 radical (unpaired) electrons. The van der Waals surface area contributed by atoms with E-state index in [4.69, 9.17) is 16.6 Å². The average Bonchev–Trinajstić information content (AvgIpc) is 3.49. The molecule has 0 saturated carbocycles. The standard InChI is InChI=1S/C27H22N4O4S/c1-16(32)29-19-9-11-20(12-10-19)31-25(24(30-27(31)36)21-4-2-3-15-28-21)23-14-13-22(35-23)17-5-7-18(8-6-17)26(33)34/h2-15,24-25H,1H3,(H,29,32)(H,30,36)(H,33,34)/t24-,25+/m0/s1. The summed E-state index contributed by atoms with van der Waals surface area (Å²) in [5.74, 6) is 0.154. The number of carboxylic acid groups (broad SMARTS) is 1. The van der Waals surface area contributed by atoms with E-state index >= 15 is 0 Å². The summed E-state index contributed by atoms with van der Waals surface area (Å²) in [6, 6.07) is 22.8. The number of amides is 1. The maximum atomic E-state index is 11.4. The van der Waals surface area contributed by atoms with Crippen molar-refractivity contribution in [2.24, 2.45) is 0 Å². The van der Waals surface area contributed by atoms with Gasteiger partial charge in [-0.05, 0) is 72.9 Å². The van der Waals surface area contributed by atoms with Crippen LogP contribution in [0.1, 0.15) is 40.8 Å². The molecule has 5 rings (SSSR count). The summed E-state index contributed by atoms with van der Waals surface area (Å²) >= 11 is 5.74. The van der Waals surface area contributed by atoms with Crippen molar-refractivity contribution >= 4 is 40.6 Å². The molecule has 2 aromatic carbocycles. The molecule has 8 nitrogen and oxygen atoms in total. The Hall–Kier alpha value is -4.50. The zero-order valence-corrected chi connectivity index (χ0v) is 20.0. The maximum Gasteiger partial charge on any atom is 0.335 e. The van der Waals surface area contributed by atoms with E-state index < -0.39 is 5.97 Å². The fraction of sp³-hybridized carbons (Fsp3) is 0.111. The van der Waals surface area contributed by atoms with Crippen molar-refractivity contribution in [3.8, 4) is 11.3 Å². The summed E-state index contributed by atoms with van der Waals surface area (Å²) in [5.41, 5.74) is 3.30. The zero-order valence-electron chi connectivity index (χ0n) is 19.2. The second-order valence-corrected chi connectivity index (χ2v) is 8.70. The first-order valence-electron chi connectivity index (χ1n) is 11.2. The van der Waals surface area contributed by atoms with Gasteiger partial charge in [-0.2, -0.15) is 0 Å². The topological polar surface area (TPSA) is 108 Å². The minimum Gasteiger partial charge on any atom is -0.478 e. The number of hydrogen-bond acceptors (Lipinski definition) is 5. The van der Waals surface area contributed by atoms with Crippen LogP contribution in [-0.4, -0.2) is 27.1 Å². The summed E-state index contributed by atoms with van der Waals surface area (Å²) in [4.78, 5) is 29.1. The third-order valence-corrected chi connectivity index (χ3v) is 6.21. The molecule has 1 saturated heterocycles. The Bertz CT molecular complexity index is 1420. The summed E-state index contributed by atoms with van der Waals surface area (Å²) in [7, 11) is 0. The molecule has 3 heterocycles.